The topological polar surface area (TPSA) is 87.9 Å². The van der Waals surface area contributed by atoms with Crippen molar-refractivity contribution >= 4 is 17.8 Å². The Morgan fingerprint density at radius 1 is 1.24 bits per heavy atom. The van der Waals surface area contributed by atoms with Crippen LogP contribution in [0.3, 0.4) is 0 Å². The molecule has 1 aliphatic heterocycles. The Labute approximate surface area is 123 Å². The molecule has 0 bridgehead atoms. The Balaban J connectivity index is 1.87. The predicted molar refractivity (Wildman–Crippen MR) is 75.2 cm³/mol. The summed E-state index contributed by atoms with van der Waals surface area (Å²) in [6, 6.07) is -0.215. The molecule has 116 valence electrons. The summed E-state index contributed by atoms with van der Waals surface area (Å²) in [7, 11) is 0. The average Bonchev–Trinajstić information content (AvgIpc) is 2.79. The second-order valence-corrected chi connectivity index (χ2v) is 4.80. The Morgan fingerprint density at radius 2 is 1.86 bits per heavy atom. The van der Waals surface area contributed by atoms with E-state index >= 15 is 0 Å². The normalized spacial score (nSPS) is 15.0. The first-order chi connectivity index (χ1) is 10.0. The van der Waals surface area contributed by atoms with Crippen LogP contribution < -0.4 is 5.32 Å². The molecule has 1 aromatic rings. The molecule has 1 saturated heterocycles. The molecule has 8 nitrogen and oxygen atoms in total. The lowest BCUT2D eigenvalue weighted by atomic mass is 10.3. The molecule has 3 amide bonds. The van der Waals surface area contributed by atoms with Crippen LogP contribution in [0.25, 0.3) is 0 Å². The molecule has 2 heterocycles. The van der Waals surface area contributed by atoms with Gasteiger partial charge in [0.25, 0.3) is 0 Å². The number of hydrogen-bond acceptors (Lipinski definition) is 5. The van der Waals surface area contributed by atoms with Gasteiger partial charge in [-0.1, -0.05) is 5.16 Å². The maximum Gasteiger partial charge on any atom is 0.409 e. The Kier molecular flexibility index (Phi) is 4.66. The Morgan fingerprint density at radius 3 is 2.38 bits per heavy atom. The monoisotopic (exact) mass is 296 g/mol. The molecule has 0 spiro atoms. The van der Waals surface area contributed by atoms with Crippen molar-refractivity contribution in [2.24, 2.45) is 0 Å². The lowest BCUT2D eigenvalue weighted by Crippen LogP contribution is -2.51. The van der Waals surface area contributed by atoms with Gasteiger partial charge in [-0.3, -0.25) is 0 Å². The van der Waals surface area contributed by atoms with E-state index in [1.54, 1.807) is 30.6 Å². The zero-order valence-electron chi connectivity index (χ0n) is 12.5. The lowest BCUT2D eigenvalue weighted by molar-refractivity contribution is 0.0868. The highest BCUT2D eigenvalue weighted by Crippen LogP contribution is 2.19. The number of nitrogens with one attached hydrogen (secondary N) is 1. The zero-order chi connectivity index (χ0) is 15.4. The number of piperazine rings is 1. The minimum Gasteiger partial charge on any atom is -0.450 e. The van der Waals surface area contributed by atoms with Crippen LogP contribution in [0.1, 0.15) is 18.4 Å². The fourth-order valence-electron chi connectivity index (χ4n) is 2.15. The zero-order valence-corrected chi connectivity index (χ0v) is 12.5. The third-order valence-corrected chi connectivity index (χ3v) is 3.36. The standard InChI is InChI=1S/C13H20N4O4/c1-4-20-13(19)17-7-5-16(6-8-17)12(18)14-11-9(2)15-21-10(11)3/h4-8H2,1-3H3,(H,14,18). The van der Waals surface area contributed by atoms with E-state index in [0.717, 1.165) is 0 Å². The van der Waals surface area contributed by atoms with Crippen molar-refractivity contribution in [2.45, 2.75) is 20.8 Å². The van der Waals surface area contributed by atoms with Gasteiger partial charge in [0.1, 0.15) is 11.4 Å². The SMILES string of the molecule is CCOC(=O)N1CCN(C(=O)Nc2c(C)noc2C)CC1. The van der Waals surface area contributed by atoms with E-state index in [1.807, 2.05) is 0 Å². The summed E-state index contributed by atoms with van der Waals surface area (Å²) >= 11 is 0. The fourth-order valence-corrected chi connectivity index (χ4v) is 2.15. The number of amides is 3. The molecule has 2 rings (SSSR count). The minimum absolute atomic E-state index is 0.215. The molecule has 1 fully saturated rings. The van der Waals surface area contributed by atoms with E-state index in [2.05, 4.69) is 10.5 Å². The molecule has 0 saturated carbocycles. The number of ether oxygens (including phenoxy) is 1. The molecular formula is C13H20N4O4. The van der Waals surface area contributed by atoms with Crippen LogP contribution in [-0.4, -0.2) is 59.9 Å². The highest BCUT2D eigenvalue weighted by Gasteiger charge is 2.25. The van der Waals surface area contributed by atoms with Crippen molar-refractivity contribution in [3.05, 3.63) is 11.5 Å². The first kappa shape index (κ1) is 15.1. The summed E-state index contributed by atoms with van der Waals surface area (Å²) in [6.45, 7) is 7.50. The van der Waals surface area contributed by atoms with Gasteiger partial charge < -0.3 is 24.4 Å². The molecule has 0 atom stereocenters. The first-order valence-electron chi connectivity index (χ1n) is 6.93. The van der Waals surface area contributed by atoms with Crippen LogP contribution in [0.2, 0.25) is 0 Å². The van der Waals surface area contributed by atoms with Gasteiger partial charge in [-0.25, -0.2) is 9.59 Å². The summed E-state index contributed by atoms with van der Waals surface area (Å²) in [5.74, 6) is 0.575. The summed E-state index contributed by atoms with van der Waals surface area (Å²) in [6.07, 6.45) is -0.330. The van der Waals surface area contributed by atoms with Crippen LogP contribution in [-0.2, 0) is 4.74 Å². The molecular weight excluding hydrogens is 276 g/mol. The van der Waals surface area contributed by atoms with Gasteiger partial charge >= 0.3 is 12.1 Å². The van der Waals surface area contributed by atoms with Crippen molar-refractivity contribution in [3.8, 4) is 0 Å². The number of urea groups is 1. The van der Waals surface area contributed by atoms with Gasteiger partial charge in [-0.15, -0.1) is 0 Å². The third kappa shape index (κ3) is 3.45. The number of aromatic nitrogens is 1. The van der Waals surface area contributed by atoms with E-state index in [4.69, 9.17) is 9.26 Å². The lowest BCUT2D eigenvalue weighted by Gasteiger charge is -2.33. The maximum absolute atomic E-state index is 12.2. The van der Waals surface area contributed by atoms with Crippen molar-refractivity contribution < 1.29 is 18.8 Å². The van der Waals surface area contributed by atoms with E-state index in [1.165, 1.54) is 0 Å². The number of nitrogens with zero attached hydrogens (tertiary/aromatic N) is 3. The summed E-state index contributed by atoms with van der Waals surface area (Å²) in [5.41, 5.74) is 1.25. The summed E-state index contributed by atoms with van der Waals surface area (Å²) in [4.78, 5) is 27.0. The number of carbonyl (C=O) groups is 2. The highest BCUT2D eigenvalue weighted by atomic mass is 16.6. The predicted octanol–water partition coefficient (Wildman–Crippen LogP) is 1.60. The molecule has 21 heavy (non-hydrogen) atoms. The average molecular weight is 296 g/mol. The second kappa shape index (κ2) is 6.47. The van der Waals surface area contributed by atoms with Crippen molar-refractivity contribution in [2.75, 3.05) is 38.1 Å². The van der Waals surface area contributed by atoms with E-state index in [9.17, 15) is 9.59 Å². The fraction of sp³-hybridized carbons (Fsp3) is 0.615. The van der Waals surface area contributed by atoms with Gasteiger partial charge in [0, 0.05) is 26.2 Å². The number of hydrogen-bond donors (Lipinski definition) is 1. The Hall–Kier alpha value is -2.25. The van der Waals surface area contributed by atoms with Crippen molar-refractivity contribution in [1.82, 2.24) is 15.0 Å². The first-order valence-corrected chi connectivity index (χ1v) is 6.93. The highest BCUT2D eigenvalue weighted by molar-refractivity contribution is 5.90. The third-order valence-electron chi connectivity index (χ3n) is 3.36. The van der Waals surface area contributed by atoms with Gasteiger partial charge in [0.2, 0.25) is 0 Å². The molecule has 0 aliphatic carbocycles. The molecule has 8 heteroatoms. The van der Waals surface area contributed by atoms with Crippen molar-refractivity contribution in [3.63, 3.8) is 0 Å². The molecule has 1 aromatic heterocycles. The summed E-state index contributed by atoms with van der Waals surface area (Å²) in [5, 5.41) is 6.59. The quantitative estimate of drug-likeness (QED) is 0.895. The molecule has 0 unspecified atom stereocenters. The number of anilines is 1. The molecule has 0 aromatic carbocycles. The van der Waals surface area contributed by atoms with Crippen LogP contribution in [0.4, 0.5) is 15.3 Å². The maximum atomic E-state index is 12.2. The van der Waals surface area contributed by atoms with E-state index in [0.29, 0.717) is 49.9 Å². The van der Waals surface area contributed by atoms with E-state index < -0.39 is 0 Å². The largest absolute Gasteiger partial charge is 0.450 e. The summed E-state index contributed by atoms with van der Waals surface area (Å²) < 4.78 is 9.95. The van der Waals surface area contributed by atoms with Crippen LogP contribution in [0.15, 0.2) is 4.52 Å². The van der Waals surface area contributed by atoms with Gasteiger partial charge in [-0.2, -0.15) is 0 Å². The second-order valence-electron chi connectivity index (χ2n) is 4.80. The number of rotatable bonds is 2. The van der Waals surface area contributed by atoms with Crippen molar-refractivity contribution in [1.29, 1.82) is 0 Å². The molecule has 0 radical (unpaired) electrons. The molecule has 1 aliphatic rings. The number of aryl methyl sites for hydroxylation is 2. The van der Waals surface area contributed by atoms with Crippen LogP contribution >= 0.6 is 0 Å². The number of carbonyl (C=O) groups excluding carboxylic acids is 2. The van der Waals surface area contributed by atoms with Gasteiger partial charge in [0.15, 0.2) is 5.76 Å². The minimum atomic E-state index is -0.330. The van der Waals surface area contributed by atoms with Crippen LogP contribution in [0, 0.1) is 13.8 Å². The van der Waals surface area contributed by atoms with E-state index in [-0.39, 0.29) is 12.1 Å². The van der Waals surface area contributed by atoms with Crippen LogP contribution in [0.5, 0.6) is 0 Å². The van der Waals surface area contributed by atoms with Gasteiger partial charge in [-0.05, 0) is 20.8 Å². The van der Waals surface area contributed by atoms with Gasteiger partial charge in [0.05, 0.1) is 6.61 Å². The Bertz CT molecular complexity index is 501. The molecule has 1 N–H and O–H groups in total. The smallest absolute Gasteiger partial charge is 0.409 e.